The van der Waals surface area contributed by atoms with Gasteiger partial charge in [0.05, 0.1) is 16.1 Å². The van der Waals surface area contributed by atoms with Crippen molar-refractivity contribution in [2.24, 2.45) is 5.92 Å². The van der Waals surface area contributed by atoms with Gasteiger partial charge >= 0.3 is 0 Å². The molecule has 0 amide bonds. The van der Waals surface area contributed by atoms with E-state index in [4.69, 9.17) is 17.3 Å². The van der Waals surface area contributed by atoms with E-state index in [-0.39, 0.29) is 5.02 Å². The largest absolute Gasteiger partial charge is 0.369 e. The lowest BCUT2D eigenvalue weighted by atomic mass is 10.3. The van der Waals surface area contributed by atoms with Gasteiger partial charge in [-0.1, -0.05) is 11.6 Å². The second kappa shape index (κ2) is 3.35. The molecule has 84 valence electrons. The summed E-state index contributed by atoms with van der Waals surface area (Å²) in [5.41, 5.74) is 7.20. The van der Waals surface area contributed by atoms with E-state index in [0.29, 0.717) is 17.4 Å². The first-order chi connectivity index (χ1) is 7.65. The van der Waals surface area contributed by atoms with Crippen LogP contribution in [0.4, 0.5) is 10.3 Å². The Morgan fingerprint density at radius 3 is 2.94 bits per heavy atom. The van der Waals surface area contributed by atoms with E-state index in [1.807, 2.05) is 4.57 Å². The quantitative estimate of drug-likeness (QED) is 0.876. The number of imidazole rings is 1. The fraction of sp³-hybridized carbons (Fsp3) is 0.364. The lowest BCUT2D eigenvalue weighted by Gasteiger charge is -2.04. The number of hydrogen-bond acceptors (Lipinski definition) is 2. The Labute approximate surface area is 97.0 Å². The van der Waals surface area contributed by atoms with Crippen LogP contribution in [0.25, 0.3) is 11.0 Å². The summed E-state index contributed by atoms with van der Waals surface area (Å²) in [6, 6.07) is 2.93. The van der Waals surface area contributed by atoms with E-state index < -0.39 is 5.82 Å². The first kappa shape index (κ1) is 9.90. The zero-order valence-electron chi connectivity index (χ0n) is 8.58. The van der Waals surface area contributed by atoms with Crippen molar-refractivity contribution in [2.75, 3.05) is 5.73 Å². The Balaban J connectivity index is 2.17. The Morgan fingerprint density at radius 2 is 2.25 bits per heavy atom. The summed E-state index contributed by atoms with van der Waals surface area (Å²) in [5.74, 6) is 0.674. The van der Waals surface area contributed by atoms with Crippen molar-refractivity contribution >= 4 is 28.6 Å². The molecular weight excluding hydrogens is 229 g/mol. The molecule has 2 N–H and O–H groups in total. The fourth-order valence-corrected chi connectivity index (χ4v) is 2.05. The SMILES string of the molecule is Nc1nc2cc(Cl)c(F)cc2n1CC1CC1. The summed E-state index contributed by atoms with van der Waals surface area (Å²) in [5, 5.41) is 0.0866. The van der Waals surface area contributed by atoms with E-state index in [1.165, 1.54) is 25.0 Å². The maximum Gasteiger partial charge on any atom is 0.201 e. The molecule has 5 heteroatoms. The molecule has 1 aliphatic rings. The van der Waals surface area contributed by atoms with Gasteiger partial charge in [-0.25, -0.2) is 9.37 Å². The lowest BCUT2D eigenvalue weighted by molar-refractivity contribution is 0.623. The van der Waals surface area contributed by atoms with Crippen LogP contribution in [0.15, 0.2) is 12.1 Å². The number of aromatic nitrogens is 2. The Bertz CT molecular complexity index is 560. The minimum atomic E-state index is -0.425. The molecule has 1 aliphatic carbocycles. The van der Waals surface area contributed by atoms with Crippen LogP contribution in [0.2, 0.25) is 5.02 Å². The molecule has 3 nitrogen and oxygen atoms in total. The molecule has 2 aromatic rings. The predicted molar refractivity (Wildman–Crippen MR) is 61.8 cm³/mol. The van der Waals surface area contributed by atoms with Gasteiger partial charge < -0.3 is 10.3 Å². The highest BCUT2D eigenvalue weighted by Crippen LogP contribution is 2.33. The van der Waals surface area contributed by atoms with Gasteiger partial charge in [0.25, 0.3) is 0 Å². The van der Waals surface area contributed by atoms with Crippen molar-refractivity contribution in [2.45, 2.75) is 19.4 Å². The van der Waals surface area contributed by atoms with Crippen LogP contribution in [0.1, 0.15) is 12.8 Å². The lowest BCUT2D eigenvalue weighted by Crippen LogP contribution is -2.04. The smallest absolute Gasteiger partial charge is 0.201 e. The molecule has 16 heavy (non-hydrogen) atoms. The van der Waals surface area contributed by atoms with Crippen LogP contribution < -0.4 is 5.73 Å². The number of nitrogens with zero attached hydrogens (tertiary/aromatic N) is 2. The van der Waals surface area contributed by atoms with E-state index in [0.717, 1.165) is 12.1 Å². The topological polar surface area (TPSA) is 43.8 Å². The van der Waals surface area contributed by atoms with Crippen LogP contribution in [-0.2, 0) is 6.54 Å². The summed E-state index contributed by atoms with van der Waals surface area (Å²) < 4.78 is 15.2. The monoisotopic (exact) mass is 239 g/mol. The first-order valence-corrected chi connectivity index (χ1v) is 5.63. The molecule has 0 saturated heterocycles. The van der Waals surface area contributed by atoms with Crippen molar-refractivity contribution in [1.29, 1.82) is 0 Å². The number of nitrogens with two attached hydrogens (primary N) is 1. The second-order valence-electron chi connectivity index (χ2n) is 4.28. The van der Waals surface area contributed by atoms with E-state index in [9.17, 15) is 4.39 Å². The number of nitrogen functional groups attached to an aromatic ring is 1. The summed E-state index contributed by atoms with van der Waals surface area (Å²) in [6.45, 7) is 0.823. The third-order valence-corrected chi connectivity index (χ3v) is 3.25. The molecule has 1 fully saturated rings. The van der Waals surface area contributed by atoms with Crippen molar-refractivity contribution in [1.82, 2.24) is 9.55 Å². The van der Waals surface area contributed by atoms with Gasteiger partial charge in [0.15, 0.2) is 0 Å². The molecule has 1 heterocycles. The van der Waals surface area contributed by atoms with Gasteiger partial charge in [-0.2, -0.15) is 0 Å². The third-order valence-electron chi connectivity index (χ3n) is 2.96. The highest BCUT2D eigenvalue weighted by molar-refractivity contribution is 6.31. The number of hydrogen-bond donors (Lipinski definition) is 1. The Hall–Kier alpha value is -1.29. The molecule has 0 radical (unpaired) electrons. The minimum Gasteiger partial charge on any atom is -0.369 e. The Morgan fingerprint density at radius 1 is 1.50 bits per heavy atom. The van der Waals surface area contributed by atoms with Crippen molar-refractivity contribution in [3.05, 3.63) is 23.0 Å². The molecule has 0 bridgehead atoms. The van der Waals surface area contributed by atoms with Crippen LogP contribution >= 0.6 is 11.6 Å². The van der Waals surface area contributed by atoms with Gasteiger partial charge in [0.1, 0.15) is 5.82 Å². The number of halogens is 2. The average molecular weight is 240 g/mol. The standard InChI is InChI=1S/C11H11ClFN3/c12-7-3-9-10(4-8(7)13)16(11(14)15-9)5-6-1-2-6/h3-4,6H,1-2,5H2,(H2,14,15). The van der Waals surface area contributed by atoms with E-state index in [2.05, 4.69) is 4.98 Å². The van der Waals surface area contributed by atoms with Gasteiger partial charge in [-0.3, -0.25) is 0 Å². The predicted octanol–water partition coefficient (Wildman–Crippen LogP) is 2.82. The molecule has 3 rings (SSSR count). The zero-order chi connectivity index (χ0) is 11.3. The summed E-state index contributed by atoms with van der Waals surface area (Å²) >= 11 is 5.70. The van der Waals surface area contributed by atoms with Crippen LogP contribution in [0.3, 0.4) is 0 Å². The Kier molecular flexibility index (Phi) is 2.07. The molecule has 1 aromatic carbocycles. The molecule has 0 aliphatic heterocycles. The van der Waals surface area contributed by atoms with Crippen molar-refractivity contribution in [3.63, 3.8) is 0 Å². The van der Waals surface area contributed by atoms with Gasteiger partial charge in [-0.15, -0.1) is 0 Å². The normalized spacial score (nSPS) is 15.9. The molecular formula is C11H11ClFN3. The molecule has 0 spiro atoms. The summed E-state index contributed by atoms with van der Waals surface area (Å²) in [6.07, 6.45) is 2.43. The highest BCUT2D eigenvalue weighted by atomic mass is 35.5. The van der Waals surface area contributed by atoms with E-state index in [1.54, 1.807) is 0 Å². The first-order valence-electron chi connectivity index (χ1n) is 5.26. The van der Waals surface area contributed by atoms with Crippen molar-refractivity contribution < 1.29 is 4.39 Å². The maximum absolute atomic E-state index is 13.4. The maximum atomic E-state index is 13.4. The van der Waals surface area contributed by atoms with Crippen LogP contribution in [0.5, 0.6) is 0 Å². The average Bonchev–Trinajstić information content (AvgIpc) is 2.99. The van der Waals surface area contributed by atoms with E-state index >= 15 is 0 Å². The van der Waals surface area contributed by atoms with Crippen LogP contribution in [-0.4, -0.2) is 9.55 Å². The molecule has 0 atom stereocenters. The number of rotatable bonds is 2. The summed E-state index contributed by atoms with van der Waals surface area (Å²) in [7, 11) is 0. The number of fused-ring (bicyclic) bond motifs is 1. The van der Waals surface area contributed by atoms with Gasteiger partial charge in [0.2, 0.25) is 5.95 Å². The third kappa shape index (κ3) is 1.53. The molecule has 1 saturated carbocycles. The second-order valence-corrected chi connectivity index (χ2v) is 4.69. The van der Waals surface area contributed by atoms with Crippen molar-refractivity contribution in [3.8, 4) is 0 Å². The zero-order valence-corrected chi connectivity index (χ0v) is 9.34. The molecule has 0 unspecified atom stereocenters. The van der Waals surface area contributed by atoms with Gasteiger partial charge in [0, 0.05) is 12.6 Å². The summed E-state index contributed by atoms with van der Waals surface area (Å²) in [4.78, 5) is 4.19. The molecule has 1 aromatic heterocycles. The highest BCUT2D eigenvalue weighted by Gasteiger charge is 2.24. The minimum absolute atomic E-state index is 0.0866. The van der Waals surface area contributed by atoms with Crippen LogP contribution in [0, 0.1) is 11.7 Å². The number of anilines is 1. The fourth-order valence-electron chi connectivity index (χ4n) is 1.89. The van der Waals surface area contributed by atoms with Gasteiger partial charge in [-0.05, 0) is 24.8 Å². The number of benzene rings is 1.